The molecule has 1 aromatic carbocycles. The Morgan fingerprint density at radius 1 is 1.05 bits per heavy atom. The van der Waals surface area contributed by atoms with E-state index in [0.717, 1.165) is 12.8 Å². The molecule has 0 saturated carbocycles. The Hall–Kier alpha value is -1.73. The van der Waals surface area contributed by atoms with Gasteiger partial charge in [0.15, 0.2) is 0 Å². The summed E-state index contributed by atoms with van der Waals surface area (Å²) in [6.45, 7) is 1.94. The monoisotopic (exact) mass is 297 g/mol. The number of fused-ring (bicyclic) bond motifs is 1. The number of carbonyl (C=O) groups is 2. The molecule has 0 unspecified atom stereocenters. The average molecular weight is 297 g/mol. The van der Waals surface area contributed by atoms with E-state index >= 15 is 0 Å². The number of unbranched alkanes of at least 4 members (excludes halogenated alkanes) is 2. The molecule has 0 aliphatic carbocycles. The number of benzene rings is 1. The molecule has 7 heteroatoms. The van der Waals surface area contributed by atoms with Crippen molar-refractivity contribution in [3.8, 4) is 0 Å². The summed E-state index contributed by atoms with van der Waals surface area (Å²) in [5, 5.41) is 0.325. The maximum Gasteiger partial charge on any atom is 0.288 e. The Morgan fingerprint density at radius 2 is 1.60 bits per heavy atom. The number of carbonyl (C=O) groups excluding carboxylic acids is 2. The molecular weight excluding hydrogens is 282 g/mol. The summed E-state index contributed by atoms with van der Waals surface area (Å²) in [6, 6.07) is 6.12. The lowest BCUT2D eigenvalue weighted by Gasteiger charge is -2.12. The minimum Gasteiger partial charge on any atom is -0.266 e. The molecule has 0 bridgehead atoms. The molecule has 2 amide bonds. The van der Waals surface area contributed by atoms with Crippen molar-refractivity contribution in [2.24, 2.45) is 0 Å². The normalized spacial score (nSPS) is 14.8. The molecule has 0 fully saturated rings. The van der Waals surface area contributed by atoms with Crippen LogP contribution >= 0.6 is 0 Å². The highest BCUT2D eigenvalue weighted by atomic mass is 32.2. The highest BCUT2D eigenvalue weighted by Gasteiger charge is 2.39. The Kier molecular flexibility index (Phi) is 4.20. The van der Waals surface area contributed by atoms with Gasteiger partial charge >= 0.3 is 0 Å². The summed E-state index contributed by atoms with van der Waals surface area (Å²) < 4.78 is 28.1. The van der Waals surface area contributed by atoms with Crippen molar-refractivity contribution in [2.45, 2.75) is 26.2 Å². The number of nitrogens with zero attached hydrogens (tertiary/aromatic N) is 1. The predicted molar refractivity (Wildman–Crippen MR) is 71.3 cm³/mol. The molecule has 6 nitrogen and oxygen atoms in total. The van der Waals surface area contributed by atoms with Crippen LogP contribution < -0.4 is 0 Å². The van der Waals surface area contributed by atoms with Gasteiger partial charge in [0.05, 0.1) is 16.9 Å². The zero-order chi connectivity index (χ0) is 14.8. The van der Waals surface area contributed by atoms with E-state index in [-0.39, 0.29) is 16.9 Å². The molecule has 0 N–H and O–H groups in total. The van der Waals surface area contributed by atoms with E-state index in [1.807, 2.05) is 6.92 Å². The van der Waals surface area contributed by atoms with Crippen LogP contribution in [0.1, 0.15) is 46.9 Å². The second kappa shape index (κ2) is 5.72. The molecule has 1 aromatic rings. The Balaban J connectivity index is 2.13. The largest absolute Gasteiger partial charge is 0.288 e. The fraction of sp³-hybridized carbons (Fsp3) is 0.385. The third-order valence-electron chi connectivity index (χ3n) is 2.94. The first-order valence-corrected chi connectivity index (χ1v) is 7.94. The van der Waals surface area contributed by atoms with Gasteiger partial charge in [-0.15, -0.1) is 9.35 Å². The molecule has 1 aliphatic heterocycles. The molecule has 0 saturated heterocycles. The number of rotatable bonds is 6. The van der Waals surface area contributed by atoms with E-state index in [2.05, 4.69) is 4.28 Å². The summed E-state index contributed by atoms with van der Waals surface area (Å²) >= 11 is 0. The second-order valence-electron chi connectivity index (χ2n) is 4.49. The van der Waals surface area contributed by atoms with Crippen molar-refractivity contribution < 1.29 is 22.3 Å². The van der Waals surface area contributed by atoms with Gasteiger partial charge in [-0.2, -0.15) is 8.42 Å². The number of hydroxylamine groups is 2. The third-order valence-corrected chi connectivity index (χ3v) is 4.11. The minimum absolute atomic E-state index is 0.154. The topological polar surface area (TPSA) is 80.8 Å². The van der Waals surface area contributed by atoms with Gasteiger partial charge in [0.25, 0.3) is 21.9 Å². The fourth-order valence-corrected chi connectivity index (χ4v) is 2.91. The first-order valence-electron chi connectivity index (χ1n) is 6.36. The fourth-order valence-electron chi connectivity index (χ4n) is 1.91. The highest BCUT2D eigenvalue weighted by molar-refractivity contribution is 7.86. The summed E-state index contributed by atoms with van der Waals surface area (Å²) in [5.74, 6) is -1.71. The quantitative estimate of drug-likeness (QED) is 0.590. The van der Waals surface area contributed by atoms with Crippen molar-refractivity contribution in [1.29, 1.82) is 0 Å². The van der Waals surface area contributed by atoms with Gasteiger partial charge in [-0.3, -0.25) is 9.59 Å². The second-order valence-corrected chi connectivity index (χ2v) is 6.17. The maximum atomic E-state index is 11.9. The molecule has 0 aromatic heterocycles. The zero-order valence-corrected chi connectivity index (χ0v) is 11.9. The van der Waals surface area contributed by atoms with Crippen LogP contribution in [0, 0.1) is 0 Å². The van der Waals surface area contributed by atoms with Crippen LogP contribution in [-0.2, 0) is 14.4 Å². The van der Waals surface area contributed by atoms with Crippen molar-refractivity contribution in [3.05, 3.63) is 35.4 Å². The van der Waals surface area contributed by atoms with Gasteiger partial charge < -0.3 is 0 Å². The van der Waals surface area contributed by atoms with Crippen LogP contribution in [0.5, 0.6) is 0 Å². The molecule has 2 rings (SSSR count). The van der Waals surface area contributed by atoms with Gasteiger partial charge in [0, 0.05) is 0 Å². The van der Waals surface area contributed by atoms with Crippen molar-refractivity contribution in [2.75, 3.05) is 5.75 Å². The van der Waals surface area contributed by atoms with Gasteiger partial charge in [0.2, 0.25) is 0 Å². The van der Waals surface area contributed by atoms with Gasteiger partial charge in [-0.05, 0) is 18.6 Å². The third kappa shape index (κ3) is 2.88. The predicted octanol–water partition coefficient (Wildman–Crippen LogP) is 1.73. The van der Waals surface area contributed by atoms with E-state index in [1.165, 1.54) is 12.1 Å². The lowest BCUT2D eigenvalue weighted by atomic mass is 10.1. The van der Waals surface area contributed by atoms with Gasteiger partial charge in [-0.25, -0.2) is 0 Å². The zero-order valence-electron chi connectivity index (χ0n) is 11.0. The number of amides is 2. The van der Waals surface area contributed by atoms with Crippen LogP contribution in [0.25, 0.3) is 0 Å². The summed E-state index contributed by atoms with van der Waals surface area (Å²) in [7, 11) is -3.94. The molecule has 0 radical (unpaired) electrons. The Morgan fingerprint density at radius 3 is 2.10 bits per heavy atom. The number of imide groups is 1. The number of hydrogen-bond acceptors (Lipinski definition) is 5. The van der Waals surface area contributed by atoms with Crippen molar-refractivity contribution >= 4 is 21.9 Å². The van der Waals surface area contributed by atoms with Crippen LogP contribution in [0.2, 0.25) is 0 Å². The average Bonchev–Trinajstić information content (AvgIpc) is 2.65. The lowest BCUT2D eigenvalue weighted by Crippen LogP contribution is -2.33. The minimum atomic E-state index is -3.94. The van der Waals surface area contributed by atoms with E-state index in [1.54, 1.807) is 12.1 Å². The molecule has 1 heterocycles. The smallest absolute Gasteiger partial charge is 0.266 e. The molecule has 108 valence electrons. The Labute approximate surface area is 117 Å². The molecule has 1 aliphatic rings. The van der Waals surface area contributed by atoms with Crippen LogP contribution in [0.4, 0.5) is 0 Å². The summed E-state index contributed by atoms with van der Waals surface area (Å²) in [6.07, 6.45) is 2.04. The number of hydrogen-bond donors (Lipinski definition) is 0. The summed E-state index contributed by atoms with van der Waals surface area (Å²) in [4.78, 5) is 23.9. The molecular formula is C13H15NO5S. The van der Waals surface area contributed by atoms with Crippen LogP contribution in [0.3, 0.4) is 0 Å². The molecule has 20 heavy (non-hydrogen) atoms. The van der Waals surface area contributed by atoms with E-state index < -0.39 is 21.9 Å². The first kappa shape index (κ1) is 14.7. The highest BCUT2D eigenvalue weighted by Crippen LogP contribution is 2.23. The Bertz CT molecular complexity index is 603. The van der Waals surface area contributed by atoms with E-state index in [0.29, 0.717) is 11.5 Å². The SMILES string of the molecule is CCCCCS(=O)(=O)ON1C(=O)c2ccccc2C1=O. The van der Waals surface area contributed by atoms with Crippen LogP contribution in [-0.4, -0.2) is 31.0 Å². The lowest BCUT2D eigenvalue weighted by molar-refractivity contribution is -0.0103. The van der Waals surface area contributed by atoms with Crippen molar-refractivity contribution in [3.63, 3.8) is 0 Å². The molecule has 0 atom stereocenters. The van der Waals surface area contributed by atoms with E-state index in [9.17, 15) is 18.0 Å². The maximum absolute atomic E-state index is 11.9. The summed E-state index contributed by atoms with van der Waals surface area (Å²) in [5.41, 5.74) is 0.308. The van der Waals surface area contributed by atoms with E-state index in [4.69, 9.17) is 0 Å². The first-order chi connectivity index (χ1) is 9.46. The molecule has 0 spiro atoms. The van der Waals surface area contributed by atoms with Crippen LogP contribution in [0.15, 0.2) is 24.3 Å². The standard InChI is InChI=1S/C13H15NO5S/c1-2-3-6-9-20(17,18)19-14-12(15)10-7-4-5-8-11(10)13(14)16/h4-5,7-8H,2-3,6,9H2,1H3. The van der Waals surface area contributed by atoms with Gasteiger partial charge in [-0.1, -0.05) is 31.9 Å². The van der Waals surface area contributed by atoms with Gasteiger partial charge in [0.1, 0.15) is 0 Å². The van der Waals surface area contributed by atoms with Crippen molar-refractivity contribution in [1.82, 2.24) is 5.06 Å².